The second kappa shape index (κ2) is 2.75. The molecule has 0 amide bonds. The van der Waals surface area contributed by atoms with E-state index >= 15 is 0 Å². The zero-order valence-corrected chi connectivity index (χ0v) is 7.05. The monoisotopic (exact) mass is 140 g/mol. The highest BCUT2D eigenvalue weighted by Gasteiger charge is 2.15. The topological polar surface area (TPSA) is 9.23 Å². The molecule has 1 fully saturated rings. The second-order valence-electron chi connectivity index (χ2n) is 4.02. The Morgan fingerprint density at radius 1 is 1.30 bits per heavy atom. The van der Waals surface area contributed by atoms with Gasteiger partial charge in [0.25, 0.3) is 0 Å². The van der Waals surface area contributed by atoms with Gasteiger partial charge in [0.05, 0.1) is 13.2 Å². The summed E-state index contributed by atoms with van der Waals surface area (Å²) in [6.45, 7) is 8.48. The van der Waals surface area contributed by atoms with E-state index in [1.807, 2.05) is 0 Å². The average molecular weight is 140 g/mol. The zero-order chi connectivity index (χ0) is 7.61. The van der Waals surface area contributed by atoms with Gasteiger partial charge in [-0.2, -0.15) is 0 Å². The third-order valence-electron chi connectivity index (χ3n) is 1.53. The molecule has 0 aromatic carbocycles. The van der Waals surface area contributed by atoms with E-state index in [1.165, 1.54) is 0 Å². The number of ether oxygens (including phenoxy) is 1. The molecule has 1 rings (SSSR count). The predicted octanol–water partition coefficient (Wildman–Crippen LogP) is 2.24. The fourth-order valence-corrected chi connectivity index (χ4v) is 0.790. The van der Waals surface area contributed by atoms with Gasteiger partial charge in [-0.1, -0.05) is 32.9 Å². The molecule has 0 spiro atoms. The third kappa shape index (κ3) is 2.53. The molecule has 10 heavy (non-hydrogen) atoms. The van der Waals surface area contributed by atoms with Crippen LogP contribution in [0.3, 0.4) is 0 Å². The van der Waals surface area contributed by atoms with E-state index < -0.39 is 0 Å². The van der Waals surface area contributed by atoms with E-state index in [0.29, 0.717) is 11.3 Å². The second-order valence-corrected chi connectivity index (χ2v) is 4.02. The smallest absolute Gasteiger partial charge is 0.0551 e. The molecule has 0 radical (unpaired) electrons. The first-order valence-electron chi connectivity index (χ1n) is 3.85. The van der Waals surface area contributed by atoms with E-state index in [-0.39, 0.29) is 0 Å². The van der Waals surface area contributed by atoms with Crippen LogP contribution in [0.25, 0.3) is 0 Å². The van der Waals surface area contributed by atoms with Crippen molar-refractivity contribution in [1.29, 1.82) is 0 Å². The summed E-state index contributed by atoms with van der Waals surface area (Å²) in [7, 11) is 0. The maximum Gasteiger partial charge on any atom is 0.0551 e. The van der Waals surface area contributed by atoms with Gasteiger partial charge in [-0.05, 0) is 5.41 Å². The van der Waals surface area contributed by atoms with Crippen LogP contribution in [0.4, 0.5) is 0 Å². The Labute approximate surface area is 63.1 Å². The van der Waals surface area contributed by atoms with Crippen molar-refractivity contribution in [3.63, 3.8) is 0 Å². The molecule has 1 saturated heterocycles. The Hall–Kier alpha value is -0.300. The van der Waals surface area contributed by atoms with E-state index in [0.717, 1.165) is 13.2 Å². The van der Waals surface area contributed by atoms with E-state index in [9.17, 15) is 0 Å². The highest BCUT2D eigenvalue weighted by Crippen LogP contribution is 2.18. The predicted molar refractivity (Wildman–Crippen MR) is 42.9 cm³/mol. The summed E-state index contributed by atoms with van der Waals surface area (Å²) in [4.78, 5) is 0. The molecule has 1 heterocycles. The Morgan fingerprint density at radius 2 is 1.90 bits per heavy atom. The Bertz CT molecular complexity index is 126. The molecule has 0 unspecified atom stereocenters. The summed E-state index contributed by atoms with van der Waals surface area (Å²) in [6.07, 6.45) is 4.53. The summed E-state index contributed by atoms with van der Waals surface area (Å²) in [5.41, 5.74) is 0.329. The highest BCUT2D eigenvalue weighted by molar-refractivity contribution is 4.97. The Balaban J connectivity index is 2.28. The van der Waals surface area contributed by atoms with Crippen LogP contribution < -0.4 is 0 Å². The van der Waals surface area contributed by atoms with Gasteiger partial charge in [0, 0.05) is 5.92 Å². The van der Waals surface area contributed by atoms with Crippen LogP contribution in [-0.4, -0.2) is 13.2 Å². The number of hydrogen-bond acceptors (Lipinski definition) is 1. The van der Waals surface area contributed by atoms with Gasteiger partial charge < -0.3 is 4.74 Å². The lowest BCUT2D eigenvalue weighted by Gasteiger charge is -2.23. The number of allylic oxidation sites excluding steroid dienone is 1. The van der Waals surface area contributed by atoms with Gasteiger partial charge in [0.2, 0.25) is 0 Å². The van der Waals surface area contributed by atoms with E-state index in [4.69, 9.17) is 4.74 Å². The molecule has 0 saturated carbocycles. The lowest BCUT2D eigenvalue weighted by Crippen LogP contribution is -2.25. The number of hydrogen-bond donors (Lipinski definition) is 0. The van der Waals surface area contributed by atoms with Crippen LogP contribution in [0.5, 0.6) is 0 Å². The molecule has 1 heteroatoms. The highest BCUT2D eigenvalue weighted by atomic mass is 16.5. The molecule has 0 aromatic rings. The molecule has 1 aliphatic heterocycles. The first-order chi connectivity index (χ1) is 4.58. The standard InChI is InChI=1S/C9H16O/c1-9(2,3)5-4-8-6-10-7-8/h4-5,8H,6-7H2,1-3H3/b5-4+. The molecule has 0 bridgehead atoms. The number of rotatable bonds is 1. The summed E-state index contributed by atoms with van der Waals surface area (Å²) in [5.74, 6) is 0.694. The summed E-state index contributed by atoms with van der Waals surface area (Å²) < 4.78 is 5.05. The molecular weight excluding hydrogens is 124 g/mol. The van der Waals surface area contributed by atoms with Crippen LogP contribution >= 0.6 is 0 Å². The fourth-order valence-electron chi connectivity index (χ4n) is 0.790. The Morgan fingerprint density at radius 3 is 2.20 bits per heavy atom. The third-order valence-corrected chi connectivity index (χ3v) is 1.53. The van der Waals surface area contributed by atoms with Crippen molar-refractivity contribution in [2.45, 2.75) is 20.8 Å². The van der Waals surface area contributed by atoms with Gasteiger partial charge in [0.1, 0.15) is 0 Å². The quantitative estimate of drug-likeness (QED) is 0.507. The first kappa shape index (κ1) is 7.80. The van der Waals surface area contributed by atoms with Crippen molar-refractivity contribution in [1.82, 2.24) is 0 Å². The van der Waals surface area contributed by atoms with Gasteiger partial charge in [-0.25, -0.2) is 0 Å². The molecular formula is C9H16O. The van der Waals surface area contributed by atoms with Gasteiger partial charge in [0.15, 0.2) is 0 Å². The van der Waals surface area contributed by atoms with Gasteiger partial charge in [-0.3, -0.25) is 0 Å². The van der Waals surface area contributed by atoms with Crippen molar-refractivity contribution in [3.8, 4) is 0 Å². The van der Waals surface area contributed by atoms with Crippen LogP contribution in [0.2, 0.25) is 0 Å². The van der Waals surface area contributed by atoms with Crippen molar-refractivity contribution in [2.24, 2.45) is 11.3 Å². The summed E-state index contributed by atoms with van der Waals surface area (Å²) >= 11 is 0. The molecule has 1 nitrogen and oxygen atoms in total. The van der Waals surface area contributed by atoms with Crippen molar-refractivity contribution < 1.29 is 4.74 Å². The van der Waals surface area contributed by atoms with Crippen LogP contribution in [-0.2, 0) is 4.74 Å². The van der Waals surface area contributed by atoms with Gasteiger partial charge in [-0.15, -0.1) is 0 Å². The summed E-state index contributed by atoms with van der Waals surface area (Å²) in [6, 6.07) is 0. The van der Waals surface area contributed by atoms with Crippen LogP contribution in [0.1, 0.15) is 20.8 Å². The molecule has 0 atom stereocenters. The maximum atomic E-state index is 5.05. The average Bonchev–Trinajstić information content (AvgIpc) is 1.56. The summed E-state index contributed by atoms with van der Waals surface area (Å²) in [5, 5.41) is 0. The first-order valence-corrected chi connectivity index (χ1v) is 3.85. The lowest BCUT2D eigenvalue weighted by atomic mass is 9.94. The minimum atomic E-state index is 0.329. The molecule has 0 aromatic heterocycles. The van der Waals surface area contributed by atoms with Crippen LogP contribution in [0, 0.1) is 11.3 Å². The van der Waals surface area contributed by atoms with Crippen molar-refractivity contribution in [2.75, 3.05) is 13.2 Å². The fraction of sp³-hybridized carbons (Fsp3) is 0.778. The molecule has 58 valence electrons. The van der Waals surface area contributed by atoms with E-state index in [1.54, 1.807) is 0 Å². The molecule has 1 aliphatic rings. The SMILES string of the molecule is CC(C)(C)/C=C/C1COC1. The minimum absolute atomic E-state index is 0.329. The van der Waals surface area contributed by atoms with E-state index in [2.05, 4.69) is 32.9 Å². The lowest BCUT2D eigenvalue weighted by molar-refractivity contribution is -0.00800. The van der Waals surface area contributed by atoms with Crippen molar-refractivity contribution >= 4 is 0 Å². The minimum Gasteiger partial charge on any atom is -0.380 e. The van der Waals surface area contributed by atoms with Crippen LogP contribution in [0.15, 0.2) is 12.2 Å². The maximum absolute atomic E-state index is 5.05. The zero-order valence-electron chi connectivity index (χ0n) is 7.05. The molecule has 0 N–H and O–H groups in total. The normalized spacial score (nSPS) is 21.5. The largest absolute Gasteiger partial charge is 0.380 e. The van der Waals surface area contributed by atoms with Crippen molar-refractivity contribution in [3.05, 3.63) is 12.2 Å². The Kier molecular flexibility index (Phi) is 2.14. The molecule has 0 aliphatic carbocycles. The van der Waals surface area contributed by atoms with Gasteiger partial charge >= 0.3 is 0 Å².